The molecule has 0 aliphatic heterocycles. The molecule has 0 aromatic heterocycles. The molecule has 204 valence electrons. The van der Waals surface area contributed by atoms with Crippen LogP contribution in [0.2, 0.25) is 10.0 Å². The van der Waals surface area contributed by atoms with Crippen LogP contribution >= 0.6 is 23.2 Å². The first-order valence-corrected chi connectivity index (χ1v) is 12.8. The molecule has 37 heavy (non-hydrogen) atoms. The van der Waals surface area contributed by atoms with Crippen molar-refractivity contribution in [2.45, 2.75) is 63.3 Å². The van der Waals surface area contributed by atoms with Crippen molar-refractivity contribution in [3.8, 4) is 0 Å². The molecule has 2 N–H and O–H groups in total. The SMILES string of the molecule is O=C(NCc1cc(C(F)(F)F)cc(C(F)(F)F)c1)[C@H](CCNCC1CCCCC1)c1ccc(Cl)c(Cl)c1. The third-order valence-corrected chi connectivity index (χ3v) is 7.28. The number of alkyl halides is 6. The van der Waals surface area contributed by atoms with Gasteiger partial charge in [-0.2, -0.15) is 26.3 Å². The van der Waals surface area contributed by atoms with Gasteiger partial charge in [-0.15, -0.1) is 0 Å². The van der Waals surface area contributed by atoms with Crippen molar-refractivity contribution in [1.29, 1.82) is 0 Å². The summed E-state index contributed by atoms with van der Waals surface area (Å²) in [5.74, 6) is -0.694. The molecule has 2 aromatic rings. The average molecular weight is 569 g/mol. The minimum atomic E-state index is -4.97. The van der Waals surface area contributed by atoms with Gasteiger partial charge in [-0.25, -0.2) is 0 Å². The Bertz CT molecular complexity index is 1040. The van der Waals surface area contributed by atoms with Gasteiger partial charge in [-0.1, -0.05) is 48.5 Å². The Hall–Kier alpha value is -1.97. The van der Waals surface area contributed by atoms with E-state index in [4.69, 9.17) is 23.2 Å². The lowest BCUT2D eigenvalue weighted by atomic mass is 9.89. The quantitative estimate of drug-likeness (QED) is 0.238. The van der Waals surface area contributed by atoms with Crippen molar-refractivity contribution < 1.29 is 31.1 Å². The van der Waals surface area contributed by atoms with Crippen LogP contribution in [-0.2, 0) is 23.7 Å². The molecule has 1 saturated carbocycles. The fourth-order valence-corrected chi connectivity index (χ4v) is 4.86. The summed E-state index contributed by atoms with van der Waals surface area (Å²) >= 11 is 12.1. The Kier molecular flexibility index (Phi) is 10.2. The summed E-state index contributed by atoms with van der Waals surface area (Å²) in [6, 6.07) is 5.98. The standard InChI is InChI=1S/C26H28Cl2F6N2O/c27-22-7-6-18(12-23(22)28)21(8-9-35-14-16-4-2-1-3-5-16)24(37)36-15-17-10-19(25(29,30)31)13-20(11-17)26(32,33)34/h6-7,10-13,16,21,35H,1-5,8-9,14-15H2,(H,36,37)/t21-/m1/s1. The van der Waals surface area contributed by atoms with E-state index >= 15 is 0 Å². The van der Waals surface area contributed by atoms with Crippen molar-refractivity contribution in [3.63, 3.8) is 0 Å². The molecule has 3 rings (SSSR count). The largest absolute Gasteiger partial charge is 0.416 e. The maximum Gasteiger partial charge on any atom is 0.416 e. The summed E-state index contributed by atoms with van der Waals surface area (Å²) in [4.78, 5) is 13.1. The van der Waals surface area contributed by atoms with E-state index in [1.54, 1.807) is 12.1 Å². The lowest BCUT2D eigenvalue weighted by Gasteiger charge is -2.23. The topological polar surface area (TPSA) is 41.1 Å². The molecule has 11 heteroatoms. The van der Waals surface area contributed by atoms with Crippen LogP contribution in [0.3, 0.4) is 0 Å². The number of hydrogen-bond acceptors (Lipinski definition) is 2. The Labute approximate surface area is 221 Å². The highest BCUT2D eigenvalue weighted by Crippen LogP contribution is 2.36. The summed E-state index contributed by atoms with van der Waals surface area (Å²) < 4.78 is 79.1. The number of amides is 1. The minimum absolute atomic E-state index is 0.0574. The van der Waals surface area contributed by atoms with Crippen molar-refractivity contribution in [1.82, 2.24) is 10.6 Å². The Morgan fingerprint density at radius 2 is 1.51 bits per heavy atom. The van der Waals surface area contributed by atoms with Crippen molar-refractivity contribution >= 4 is 29.1 Å². The second kappa shape index (κ2) is 12.7. The van der Waals surface area contributed by atoms with Crippen LogP contribution in [0.5, 0.6) is 0 Å². The number of hydrogen-bond donors (Lipinski definition) is 2. The molecule has 3 nitrogen and oxygen atoms in total. The molecule has 0 unspecified atom stereocenters. The molecule has 1 fully saturated rings. The number of benzene rings is 2. The highest BCUT2D eigenvalue weighted by molar-refractivity contribution is 6.42. The summed E-state index contributed by atoms with van der Waals surface area (Å²) in [5, 5.41) is 6.40. The fraction of sp³-hybridized carbons (Fsp3) is 0.500. The molecule has 1 amide bonds. The molecular weight excluding hydrogens is 541 g/mol. The van der Waals surface area contributed by atoms with Gasteiger partial charge in [0.1, 0.15) is 0 Å². The number of nitrogens with one attached hydrogen (secondary N) is 2. The van der Waals surface area contributed by atoms with E-state index in [1.165, 1.54) is 25.3 Å². The Morgan fingerprint density at radius 1 is 0.892 bits per heavy atom. The third-order valence-electron chi connectivity index (χ3n) is 6.54. The van der Waals surface area contributed by atoms with Gasteiger partial charge in [-0.05, 0) is 79.7 Å². The van der Waals surface area contributed by atoms with E-state index in [0.717, 1.165) is 19.4 Å². The van der Waals surface area contributed by atoms with E-state index in [2.05, 4.69) is 10.6 Å². The Morgan fingerprint density at radius 3 is 2.08 bits per heavy atom. The third kappa shape index (κ3) is 8.79. The number of carbonyl (C=O) groups is 1. The predicted octanol–water partition coefficient (Wildman–Crippen LogP) is 7.99. The lowest BCUT2D eigenvalue weighted by Crippen LogP contribution is -2.32. The van der Waals surface area contributed by atoms with Gasteiger partial charge in [0.2, 0.25) is 5.91 Å². The first-order valence-electron chi connectivity index (χ1n) is 12.1. The van der Waals surface area contributed by atoms with E-state index in [0.29, 0.717) is 41.6 Å². The number of carbonyl (C=O) groups excluding carboxylic acids is 1. The van der Waals surface area contributed by atoms with Gasteiger partial charge in [-0.3, -0.25) is 4.79 Å². The number of halogens is 8. The van der Waals surface area contributed by atoms with Crippen LogP contribution in [0.25, 0.3) is 0 Å². The van der Waals surface area contributed by atoms with Crippen molar-refractivity contribution in [3.05, 3.63) is 68.7 Å². The molecule has 0 spiro atoms. The monoisotopic (exact) mass is 568 g/mol. The van der Waals surface area contributed by atoms with Crippen LogP contribution in [-0.4, -0.2) is 19.0 Å². The molecule has 0 heterocycles. The van der Waals surface area contributed by atoms with Crippen molar-refractivity contribution in [2.75, 3.05) is 13.1 Å². The highest BCUT2D eigenvalue weighted by atomic mass is 35.5. The zero-order chi connectivity index (χ0) is 27.2. The maximum absolute atomic E-state index is 13.2. The van der Waals surface area contributed by atoms with Gasteiger partial charge in [0, 0.05) is 6.54 Å². The molecule has 0 saturated heterocycles. The Balaban J connectivity index is 1.73. The van der Waals surface area contributed by atoms with Crippen LogP contribution in [0.4, 0.5) is 26.3 Å². The number of rotatable bonds is 9. The first-order chi connectivity index (χ1) is 17.3. The summed E-state index contributed by atoms with van der Waals surface area (Å²) in [5.41, 5.74) is -2.62. The maximum atomic E-state index is 13.2. The molecule has 1 aliphatic rings. The van der Waals surface area contributed by atoms with Gasteiger partial charge >= 0.3 is 12.4 Å². The van der Waals surface area contributed by atoms with Crippen LogP contribution in [0.1, 0.15) is 66.7 Å². The zero-order valence-corrected chi connectivity index (χ0v) is 21.4. The molecule has 1 aliphatic carbocycles. The summed E-state index contributed by atoms with van der Waals surface area (Å²) in [6.45, 7) is 0.815. The van der Waals surface area contributed by atoms with E-state index < -0.39 is 41.8 Å². The summed E-state index contributed by atoms with van der Waals surface area (Å²) in [6.07, 6.45) is -3.63. The second-order valence-electron chi connectivity index (χ2n) is 9.35. The predicted molar refractivity (Wildman–Crippen MR) is 132 cm³/mol. The smallest absolute Gasteiger partial charge is 0.351 e. The zero-order valence-electron chi connectivity index (χ0n) is 19.9. The van der Waals surface area contributed by atoms with Gasteiger partial charge in [0.25, 0.3) is 0 Å². The molecule has 0 radical (unpaired) electrons. The fourth-order valence-electron chi connectivity index (χ4n) is 4.56. The molecule has 0 bridgehead atoms. The van der Waals surface area contributed by atoms with E-state index in [1.807, 2.05) is 0 Å². The van der Waals surface area contributed by atoms with Crippen LogP contribution < -0.4 is 10.6 Å². The van der Waals surface area contributed by atoms with Gasteiger partial charge in [0.15, 0.2) is 0 Å². The highest BCUT2D eigenvalue weighted by Gasteiger charge is 2.37. The molecular formula is C26H28Cl2F6N2O. The summed E-state index contributed by atoms with van der Waals surface area (Å²) in [7, 11) is 0. The first kappa shape index (κ1) is 29.6. The normalized spacial score (nSPS) is 16.0. The average Bonchev–Trinajstić information content (AvgIpc) is 2.84. The van der Waals surface area contributed by atoms with Gasteiger partial charge < -0.3 is 10.6 Å². The van der Waals surface area contributed by atoms with Crippen molar-refractivity contribution in [2.24, 2.45) is 5.92 Å². The van der Waals surface area contributed by atoms with E-state index in [9.17, 15) is 31.1 Å². The molecule has 2 aromatic carbocycles. The minimum Gasteiger partial charge on any atom is -0.351 e. The van der Waals surface area contributed by atoms with E-state index in [-0.39, 0.29) is 16.7 Å². The second-order valence-corrected chi connectivity index (χ2v) is 10.2. The lowest BCUT2D eigenvalue weighted by molar-refractivity contribution is -0.143. The molecule has 1 atom stereocenters. The van der Waals surface area contributed by atoms with Gasteiger partial charge in [0.05, 0.1) is 27.1 Å². The van der Waals surface area contributed by atoms with Crippen LogP contribution in [0, 0.1) is 5.92 Å². The van der Waals surface area contributed by atoms with Crippen LogP contribution in [0.15, 0.2) is 36.4 Å².